The number of carbonyl (C=O) groups is 1. The molecule has 0 aliphatic rings. The predicted molar refractivity (Wildman–Crippen MR) is 108 cm³/mol. The number of amides is 1. The van der Waals surface area contributed by atoms with Crippen molar-refractivity contribution < 1.29 is 18.7 Å². The van der Waals surface area contributed by atoms with E-state index in [-0.39, 0.29) is 12.5 Å². The zero-order chi connectivity index (χ0) is 19.9. The summed E-state index contributed by atoms with van der Waals surface area (Å²) in [5, 5.41) is 4.37. The van der Waals surface area contributed by atoms with Crippen molar-refractivity contribution in [1.82, 2.24) is 5.43 Å². The van der Waals surface area contributed by atoms with E-state index in [4.69, 9.17) is 25.5 Å². The summed E-state index contributed by atoms with van der Waals surface area (Å²) >= 11 is 6.13. The molecular weight excluding hydrogens is 380 g/mol. The fourth-order valence-electron chi connectivity index (χ4n) is 2.45. The summed E-state index contributed by atoms with van der Waals surface area (Å²) in [5.74, 6) is 1.97. The van der Waals surface area contributed by atoms with Gasteiger partial charge in [0.15, 0.2) is 6.61 Å². The van der Waals surface area contributed by atoms with Gasteiger partial charge in [-0.05, 0) is 55.0 Å². The number of nitrogens with one attached hydrogen (secondary N) is 1. The average Bonchev–Trinajstić information content (AvgIpc) is 3.15. The molecule has 0 radical (unpaired) electrons. The van der Waals surface area contributed by atoms with Crippen LogP contribution in [0.2, 0.25) is 5.02 Å². The smallest absolute Gasteiger partial charge is 0.277 e. The normalized spacial score (nSPS) is 10.8. The summed E-state index contributed by atoms with van der Waals surface area (Å²) < 4.78 is 16.2. The van der Waals surface area contributed by atoms with Gasteiger partial charge < -0.3 is 13.9 Å². The first kappa shape index (κ1) is 19.5. The highest BCUT2D eigenvalue weighted by molar-refractivity contribution is 6.32. The molecule has 144 valence electrons. The molecule has 0 fully saturated rings. The van der Waals surface area contributed by atoms with E-state index in [1.807, 2.05) is 31.2 Å². The maximum Gasteiger partial charge on any atom is 0.277 e. The summed E-state index contributed by atoms with van der Waals surface area (Å²) in [6.45, 7) is 1.82. The zero-order valence-corrected chi connectivity index (χ0v) is 16.2. The number of ether oxygens (including phenoxy) is 2. The molecule has 0 spiro atoms. The fourth-order valence-corrected chi connectivity index (χ4v) is 2.71. The molecule has 0 aliphatic heterocycles. The zero-order valence-electron chi connectivity index (χ0n) is 15.4. The number of methoxy groups -OCH3 is 1. The number of carbonyl (C=O) groups excluding carboxylic acids is 1. The molecule has 6 nitrogen and oxygen atoms in total. The second-order valence-electron chi connectivity index (χ2n) is 5.95. The summed E-state index contributed by atoms with van der Waals surface area (Å²) in [5.41, 5.74) is 4.26. The van der Waals surface area contributed by atoms with Crippen LogP contribution in [0.3, 0.4) is 0 Å². The highest BCUT2D eigenvalue weighted by Crippen LogP contribution is 2.30. The number of halogens is 1. The van der Waals surface area contributed by atoms with Crippen molar-refractivity contribution in [3.8, 4) is 22.8 Å². The van der Waals surface area contributed by atoms with Gasteiger partial charge >= 0.3 is 0 Å². The summed E-state index contributed by atoms with van der Waals surface area (Å²) in [6, 6.07) is 16.4. The second-order valence-corrected chi connectivity index (χ2v) is 6.36. The van der Waals surface area contributed by atoms with Gasteiger partial charge in [-0.2, -0.15) is 5.10 Å². The first-order chi connectivity index (χ1) is 13.5. The molecule has 0 unspecified atom stereocenters. The first-order valence-electron chi connectivity index (χ1n) is 8.50. The molecule has 3 rings (SSSR count). The van der Waals surface area contributed by atoms with E-state index in [1.54, 1.807) is 37.4 Å². The SMILES string of the molecule is COc1ccc(-c2ccc(C=NNC(=O)COc3cccc(C)c3)o2)cc1Cl. The third-order valence-corrected chi connectivity index (χ3v) is 4.10. The maximum absolute atomic E-state index is 11.8. The monoisotopic (exact) mass is 398 g/mol. The lowest BCUT2D eigenvalue weighted by Crippen LogP contribution is -2.24. The largest absolute Gasteiger partial charge is 0.495 e. The number of hydrogen-bond acceptors (Lipinski definition) is 5. The van der Waals surface area contributed by atoms with Crippen LogP contribution in [0.15, 0.2) is 64.1 Å². The van der Waals surface area contributed by atoms with E-state index < -0.39 is 0 Å². The Morgan fingerprint density at radius 1 is 1.21 bits per heavy atom. The summed E-state index contributed by atoms with van der Waals surface area (Å²) in [7, 11) is 1.56. The minimum absolute atomic E-state index is 0.130. The molecular formula is C21H19ClN2O4. The van der Waals surface area contributed by atoms with E-state index in [2.05, 4.69) is 10.5 Å². The van der Waals surface area contributed by atoms with Gasteiger partial charge in [-0.1, -0.05) is 23.7 Å². The van der Waals surface area contributed by atoms with Crippen molar-refractivity contribution in [2.24, 2.45) is 5.10 Å². The van der Waals surface area contributed by atoms with Gasteiger partial charge in [-0.15, -0.1) is 0 Å². The molecule has 28 heavy (non-hydrogen) atoms. The van der Waals surface area contributed by atoms with E-state index in [0.717, 1.165) is 11.1 Å². The maximum atomic E-state index is 11.8. The molecule has 2 aromatic carbocycles. The number of benzene rings is 2. The minimum atomic E-state index is -0.369. The van der Waals surface area contributed by atoms with Crippen LogP contribution in [0.25, 0.3) is 11.3 Å². The lowest BCUT2D eigenvalue weighted by atomic mass is 10.2. The Kier molecular flexibility index (Phi) is 6.34. The second kappa shape index (κ2) is 9.10. The molecule has 0 atom stereocenters. The van der Waals surface area contributed by atoms with Gasteiger partial charge in [0, 0.05) is 5.56 Å². The number of aryl methyl sites for hydroxylation is 1. The van der Waals surface area contributed by atoms with Gasteiger partial charge in [-0.3, -0.25) is 4.79 Å². The van der Waals surface area contributed by atoms with Crippen LogP contribution >= 0.6 is 11.6 Å². The highest BCUT2D eigenvalue weighted by Gasteiger charge is 2.08. The van der Waals surface area contributed by atoms with Gasteiger partial charge in [0.2, 0.25) is 0 Å². The number of nitrogens with zero attached hydrogens (tertiary/aromatic N) is 1. The lowest BCUT2D eigenvalue weighted by molar-refractivity contribution is -0.123. The Hall–Kier alpha value is -3.25. The van der Waals surface area contributed by atoms with Crippen molar-refractivity contribution in [2.45, 2.75) is 6.92 Å². The van der Waals surface area contributed by atoms with Crippen molar-refractivity contribution in [3.05, 3.63) is 70.9 Å². The van der Waals surface area contributed by atoms with Crippen molar-refractivity contribution in [1.29, 1.82) is 0 Å². The van der Waals surface area contributed by atoms with Crippen LogP contribution in [-0.4, -0.2) is 25.8 Å². The molecule has 1 heterocycles. The third kappa shape index (κ3) is 5.14. The lowest BCUT2D eigenvalue weighted by Gasteiger charge is -2.05. The van der Waals surface area contributed by atoms with Gasteiger partial charge in [0.25, 0.3) is 5.91 Å². The van der Waals surface area contributed by atoms with Crippen LogP contribution in [0.4, 0.5) is 0 Å². The molecule has 3 aromatic rings. The molecule has 0 bridgehead atoms. The molecule has 1 aromatic heterocycles. The van der Waals surface area contributed by atoms with E-state index in [1.165, 1.54) is 6.21 Å². The van der Waals surface area contributed by atoms with Crippen LogP contribution in [0, 0.1) is 6.92 Å². The van der Waals surface area contributed by atoms with E-state index in [9.17, 15) is 4.79 Å². The Labute approximate surface area is 167 Å². The van der Waals surface area contributed by atoms with Crippen LogP contribution in [0.1, 0.15) is 11.3 Å². The Balaban J connectivity index is 1.53. The van der Waals surface area contributed by atoms with Crippen LogP contribution in [-0.2, 0) is 4.79 Å². The van der Waals surface area contributed by atoms with E-state index >= 15 is 0 Å². The predicted octanol–water partition coefficient (Wildman–Crippen LogP) is 4.45. The van der Waals surface area contributed by atoms with Crippen molar-refractivity contribution >= 4 is 23.7 Å². The number of hydrazone groups is 1. The fraction of sp³-hybridized carbons (Fsp3) is 0.143. The molecule has 1 amide bonds. The first-order valence-corrected chi connectivity index (χ1v) is 8.88. The van der Waals surface area contributed by atoms with E-state index in [0.29, 0.717) is 28.0 Å². The number of hydrogen-bond donors (Lipinski definition) is 1. The molecule has 0 aliphatic carbocycles. The average molecular weight is 399 g/mol. The standard InChI is InChI=1S/C21H19ClN2O4/c1-14-4-3-5-16(10-14)27-13-21(25)24-23-12-17-7-9-19(28-17)15-6-8-20(26-2)18(22)11-15/h3-12H,13H2,1-2H3,(H,24,25). The minimum Gasteiger partial charge on any atom is -0.495 e. The Morgan fingerprint density at radius 3 is 2.82 bits per heavy atom. The third-order valence-electron chi connectivity index (χ3n) is 3.80. The summed E-state index contributed by atoms with van der Waals surface area (Å²) in [4.78, 5) is 11.8. The van der Waals surface area contributed by atoms with Crippen LogP contribution in [0.5, 0.6) is 11.5 Å². The summed E-state index contributed by atoms with van der Waals surface area (Å²) in [6.07, 6.45) is 1.42. The van der Waals surface area contributed by atoms with Gasteiger partial charge in [0.05, 0.1) is 18.3 Å². The molecule has 0 saturated heterocycles. The van der Waals surface area contributed by atoms with Crippen molar-refractivity contribution in [2.75, 3.05) is 13.7 Å². The van der Waals surface area contributed by atoms with Crippen LogP contribution < -0.4 is 14.9 Å². The Bertz CT molecular complexity index is 998. The quantitative estimate of drug-likeness (QED) is 0.471. The number of rotatable bonds is 7. The number of furan rings is 1. The topological polar surface area (TPSA) is 73.1 Å². The Morgan fingerprint density at radius 2 is 2.07 bits per heavy atom. The van der Waals surface area contributed by atoms with Gasteiger partial charge in [0.1, 0.15) is 23.0 Å². The highest BCUT2D eigenvalue weighted by atomic mass is 35.5. The van der Waals surface area contributed by atoms with Gasteiger partial charge in [-0.25, -0.2) is 5.43 Å². The van der Waals surface area contributed by atoms with Crippen molar-refractivity contribution in [3.63, 3.8) is 0 Å². The molecule has 7 heteroatoms. The molecule has 0 saturated carbocycles. The molecule has 1 N–H and O–H groups in total.